The fourth-order valence-electron chi connectivity index (χ4n) is 3.40. The quantitative estimate of drug-likeness (QED) is 0.579. The number of nitrogens with one attached hydrogen (secondary N) is 1. The number of hydrogen-bond acceptors (Lipinski definition) is 4. The van der Waals surface area contributed by atoms with Gasteiger partial charge in [0.25, 0.3) is 0 Å². The molecule has 0 aliphatic heterocycles. The molecule has 1 unspecified atom stereocenters. The summed E-state index contributed by atoms with van der Waals surface area (Å²) in [5.41, 5.74) is 4.19. The predicted molar refractivity (Wildman–Crippen MR) is 106 cm³/mol. The van der Waals surface area contributed by atoms with E-state index in [-0.39, 0.29) is 12.3 Å². The number of carboxylic acid groups (broad SMARTS) is 2. The normalized spacial score (nSPS) is 13.5. The topological polar surface area (TPSA) is 104 Å². The van der Waals surface area contributed by atoms with Crippen molar-refractivity contribution in [2.75, 3.05) is 0 Å². The summed E-state index contributed by atoms with van der Waals surface area (Å²) >= 11 is 0. The second-order valence-corrected chi connectivity index (χ2v) is 7.79. The van der Waals surface area contributed by atoms with Gasteiger partial charge >= 0.3 is 11.9 Å². The van der Waals surface area contributed by atoms with Crippen molar-refractivity contribution in [3.05, 3.63) is 53.1 Å². The molecule has 2 rings (SSSR count). The number of aliphatic carboxylic acids is 2. The fraction of sp³-hybridized carbons (Fsp3) is 0.476. The number of carboxylic acids is 2. The monoisotopic (exact) mass is 387 g/mol. The minimum atomic E-state index is -1.07. The van der Waals surface area contributed by atoms with Crippen LogP contribution in [0.5, 0.6) is 0 Å². The Hall–Kier alpha value is -2.67. The molecule has 28 heavy (non-hydrogen) atoms. The Morgan fingerprint density at radius 1 is 1.07 bits per heavy atom. The molecule has 0 saturated heterocycles. The van der Waals surface area contributed by atoms with E-state index in [1.54, 1.807) is 12.5 Å². The third-order valence-corrected chi connectivity index (χ3v) is 4.55. The molecule has 0 saturated carbocycles. The van der Waals surface area contributed by atoms with Gasteiger partial charge < -0.3 is 14.8 Å². The summed E-state index contributed by atoms with van der Waals surface area (Å²) in [7, 11) is 0. The van der Waals surface area contributed by atoms with Crippen LogP contribution in [-0.2, 0) is 22.6 Å². The predicted octanol–water partition coefficient (Wildman–Crippen LogP) is 2.63. The zero-order valence-electron chi connectivity index (χ0n) is 16.8. The lowest BCUT2D eigenvalue weighted by Gasteiger charge is -2.22. The first kappa shape index (κ1) is 21.6. The molecule has 0 spiro atoms. The minimum absolute atomic E-state index is 0.137. The number of carbonyl (C=O) groups is 2. The van der Waals surface area contributed by atoms with Crippen molar-refractivity contribution in [2.45, 2.75) is 59.2 Å². The van der Waals surface area contributed by atoms with E-state index in [0.717, 1.165) is 11.3 Å². The first-order chi connectivity index (χ1) is 13.2. The van der Waals surface area contributed by atoms with Gasteiger partial charge in [-0.15, -0.1) is 0 Å². The molecule has 1 heterocycles. The van der Waals surface area contributed by atoms with Crippen molar-refractivity contribution >= 4 is 11.9 Å². The van der Waals surface area contributed by atoms with Crippen molar-refractivity contribution in [3.63, 3.8) is 0 Å². The molecular weight excluding hydrogens is 358 g/mol. The molecule has 1 aromatic heterocycles. The molecule has 7 heteroatoms. The Kier molecular flexibility index (Phi) is 7.34. The van der Waals surface area contributed by atoms with E-state index in [9.17, 15) is 19.8 Å². The first-order valence-electron chi connectivity index (χ1n) is 9.43. The summed E-state index contributed by atoms with van der Waals surface area (Å²) < 4.78 is 1.91. The van der Waals surface area contributed by atoms with Crippen LogP contribution in [0.1, 0.15) is 42.7 Å². The summed E-state index contributed by atoms with van der Waals surface area (Å²) in [6.07, 6.45) is 3.83. The molecule has 0 radical (unpaired) electrons. The number of hydrogen-bond donors (Lipinski definition) is 3. The highest BCUT2D eigenvalue weighted by molar-refractivity contribution is 5.77. The van der Waals surface area contributed by atoms with E-state index >= 15 is 0 Å². The summed E-state index contributed by atoms with van der Waals surface area (Å²) in [5.74, 6) is -1.98. The van der Waals surface area contributed by atoms with Crippen molar-refractivity contribution in [1.29, 1.82) is 0 Å². The third-order valence-electron chi connectivity index (χ3n) is 4.55. The SMILES string of the molecule is Cc1cc(C)cc(Cn2cncc2C[C@H](NC(CC(C)C)C(=O)O)C(=O)O)c1. The molecule has 2 atom stereocenters. The van der Waals surface area contributed by atoms with E-state index in [1.807, 2.05) is 32.3 Å². The van der Waals surface area contributed by atoms with Crippen LogP contribution < -0.4 is 5.32 Å². The summed E-state index contributed by atoms with van der Waals surface area (Å²) in [4.78, 5) is 27.4. The number of nitrogens with zero attached hydrogens (tertiary/aromatic N) is 2. The van der Waals surface area contributed by atoms with Gasteiger partial charge in [-0.05, 0) is 31.7 Å². The van der Waals surface area contributed by atoms with Crippen LogP contribution in [0.3, 0.4) is 0 Å². The Morgan fingerprint density at radius 2 is 1.68 bits per heavy atom. The highest BCUT2D eigenvalue weighted by Crippen LogP contribution is 2.14. The first-order valence-corrected chi connectivity index (χ1v) is 9.43. The molecule has 0 amide bonds. The van der Waals surface area contributed by atoms with Crippen LogP contribution in [0.15, 0.2) is 30.7 Å². The Labute approximate surface area is 165 Å². The Morgan fingerprint density at radius 3 is 2.21 bits per heavy atom. The van der Waals surface area contributed by atoms with Crippen molar-refractivity contribution in [3.8, 4) is 0 Å². The highest BCUT2D eigenvalue weighted by atomic mass is 16.4. The van der Waals surface area contributed by atoms with E-state index in [4.69, 9.17) is 0 Å². The second-order valence-electron chi connectivity index (χ2n) is 7.79. The van der Waals surface area contributed by atoms with Crippen LogP contribution in [0.2, 0.25) is 0 Å². The van der Waals surface area contributed by atoms with Crippen LogP contribution >= 0.6 is 0 Å². The molecule has 0 bridgehead atoms. The van der Waals surface area contributed by atoms with E-state index in [0.29, 0.717) is 13.0 Å². The molecule has 7 nitrogen and oxygen atoms in total. The second kappa shape index (κ2) is 9.50. The number of rotatable bonds is 10. The summed E-state index contributed by atoms with van der Waals surface area (Å²) in [5, 5.41) is 21.8. The van der Waals surface area contributed by atoms with Crippen molar-refractivity contribution in [2.24, 2.45) is 5.92 Å². The average Bonchev–Trinajstić information content (AvgIpc) is 2.98. The highest BCUT2D eigenvalue weighted by Gasteiger charge is 2.27. The maximum atomic E-state index is 11.7. The molecular formula is C21H29N3O4. The summed E-state index contributed by atoms with van der Waals surface area (Å²) in [6.45, 7) is 8.48. The fourth-order valence-corrected chi connectivity index (χ4v) is 3.40. The lowest BCUT2D eigenvalue weighted by molar-refractivity contribution is -0.142. The van der Waals surface area contributed by atoms with Gasteiger partial charge in [-0.2, -0.15) is 0 Å². The summed E-state index contributed by atoms with van der Waals surface area (Å²) in [6, 6.07) is 4.37. The van der Waals surface area contributed by atoms with Gasteiger partial charge in [-0.3, -0.25) is 14.9 Å². The number of aryl methyl sites for hydroxylation is 2. The number of imidazole rings is 1. The van der Waals surface area contributed by atoms with Crippen LogP contribution in [0.4, 0.5) is 0 Å². The maximum absolute atomic E-state index is 11.7. The Balaban J connectivity index is 2.17. The molecule has 3 N–H and O–H groups in total. The third kappa shape index (κ3) is 6.20. The van der Waals surface area contributed by atoms with Crippen LogP contribution in [0, 0.1) is 19.8 Å². The lowest BCUT2D eigenvalue weighted by Crippen LogP contribution is -2.49. The van der Waals surface area contributed by atoms with E-state index in [1.165, 1.54) is 11.1 Å². The van der Waals surface area contributed by atoms with Gasteiger partial charge in [0.2, 0.25) is 0 Å². The maximum Gasteiger partial charge on any atom is 0.321 e. The molecule has 1 aromatic carbocycles. The number of aromatic nitrogens is 2. The van der Waals surface area contributed by atoms with Crippen LogP contribution in [-0.4, -0.2) is 43.8 Å². The lowest BCUT2D eigenvalue weighted by atomic mass is 10.0. The molecule has 152 valence electrons. The van der Waals surface area contributed by atoms with Gasteiger partial charge in [0, 0.05) is 24.9 Å². The smallest absolute Gasteiger partial charge is 0.321 e. The van der Waals surface area contributed by atoms with Gasteiger partial charge in [-0.1, -0.05) is 43.2 Å². The van der Waals surface area contributed by atoms with Gasteiger partial charge in [0.05, 0.1) is 6.33 Å². The van der Waals surface area contributed by atoms with Crippen LogP contribution in [0.25, 0.3) is 0 Å². The molecule has 0 fully saturated rings. The molecule has 0 aliphatic rings. The van der Waals surface area contributed by atoms with Gasteiger partial charge in [-0.25, -0.2) is 4.98 Å². The van der Waals surface area contributed by atoms with E-state index < -0.39 is 24.0 Å². The number of benzene rings is 1. The van der Waals surface area contributed by atoms with Gasteiger partial charge in [0.15, 0.2) is 0 Å². The van der Waals surface area contributed by atoms with E-state index in [2.05, 4.69) is 28.5 Å². The average molecular weight is 387 g/mol. The zero-order chi connectivity index (χ0) is 20.8. The molecule has 0 aliphatic carbocycles. The molecule has 2 aromatic rings. The minimum Gasteiger partial charge on any atom is -0.480 e. The van der Waals surface area contributed by atoms with Crippen molar-refractivity contribution < 1.29 is 19.8 Å². The Bertz CT molecular complexity index is 809. The van der Waals surface area contributed by atoms with Gasteiger partial charge in [0.1, 0.15) is 12.1 Å². The van der Waals surface area contributed by atoms with Crippen molar-refractivity contribution in [1.82, 2.24) is 14.9 Å². The largest absolute Gasteiger partial charge is 0.480 e. The standard InChI is InChI=1S/C21H29N3O4/c1-13(2)5-18(20(25)26)23-19(21(27)28)9-17-10-22-12-24(17)11-16-7-14(3)6-15(4)8-16/h6-8,10,12-13,18-19,23H,5,9,11H2,1-4H3,(H,25,26)(H,27,28)/t18?,19-/m0/s1. The zero-order valence-corrected chi connectivity index (χ0v) is 16.8.